The number of methoxy groups -OCH3 is 1. The Morgan fingerprint density at radius 1 is 1.02 bits per heavy atom. The second-order valence-electron chi connectivity index (χ2n) is 11.7. The number of amides is 1. The van der Waals surface area contributed by atoms with Gasteiger partial charge in [0.15, 0.2) is 5.65 Å². The van der Waals surface area contributed by atoms with Gasteiger partial charge < -0.3 is 14.5 Å². The van der Waals surface area contributed by atoms with E-state index in [-0.39, 0.29) is 29.8 Å². The molecule has 1 aliphatic carbocycles. The standard InChI is InChI=1S/C30H39FN6O4S/c1-41-18-19-42(39,40)34-30(38)25-20-26(36-16-12-23(13-17-36)35-14-3-2-4-15-35)27-28(21-6-5-7-21)33-37(29(27)32-25)24-10-8-22(31)9-11-24/h8-11,20-21,23H,2-7,12-19H2,1H3,(H,34,38). The minimum absolute atomic E-state index is 0.0000620. The first-order valence-electron chi connectivity index (χ1n) is 15.1. The van der Waals surface area contributed by atoms with E-state index in [1.165, 1.54) is 38.5 Å². The molecule has 2 aliphatic heterocycles. The molecule has 226 valence electrons. The smallest absolute Gasteiger partial charge is 0.283 e. The van der Waals surface area contributed by atoms with Crippen LogP contribution in [0, 0.1) is 5.82 Å². The van der Waals surface area contributed by atoms with Gasteiger partial charge in [0.1, 0.15) is 11.5 Å². The lowest BCUT2D eigenvalue weighted by atomic mass is 9.82. The van der Waals surface area contributed by atoms with Crippen molar-refractivity contribution in [3.8, 4) is 5.69 Å². The van der Waals surface area contributed by atoms with Crippen molar-refractivity contribution in [2.45, 2.75) is 63.3 Å². The molecule has 0 unspecified atom stereocenters. The zero-order valence-electron chi connectivity index (χ0n) is 24.1. The van der Waals surface area contributed by atoms with Gasteiger partial charge in [-0.1, -0.05) is 12.8 Å². The number of hydrogen-bond acceptors (Lipinski definition) is 8. The number of aromatic nitrogens is 3. The number of rotatable bonds is 9. The lowest BCUT2D eigenvalue weighted by Crippen LogP contribution is -2.46. The Kier molecular flexibility index (Phi) is 8.46. The van der Waals surface area contributed by atoms with Crippen LogP contribution in [-0.4, -0.2) is 85.7 Å². The fourth-order valence-corrected chi connectivity index (χ4v) is 7.29. The van der Waals surface area contributed by atoms with Crippen molar-refractivity contribution < 1.29 is 22.3 Å². The molecule has 1 N–H and O–H groups in total. The SMILES string of the molecule is COCCS(=O)(=O)NC(=O)c1cc(N2CCC(N3CCCCC3)CC2)c2c(C3CCC3)nn(-c3ccc(F)cc3)c2n1. The van der Waals surface area contributed by atoms with Crippen LogP contribution in [0.3, 0.4) is 0 Å². The van der Waals surface area contributed by atoms with E-state index in [2.05, 4.69) is 14.5 Å². The van der Waals surface area contributed by atoms with Crippen LogP contribution >= 0.6 is 0 Å². The number of hydrogen-bond donors (Lipinski definition) is 1. The van der Waals surface area contributed by atoms with Gasteiger partial charge in [-0.05, 0) is 81.9 Å². The van der Waals surface area contributed by atoms with Crippen molar-refractivity contribution in [2.24, 2.45) is 0 Å². The Labute approximate surface area is 246 Å². The van der Waals surface area contributed by atoms with Gasteiger partial charge in [-0.2, -0.15) is 5.10 Å². The van der Waals surface area contributed by atoms with Crippen LogP contribution in [0.2, 0.25) is 0 Å². The van der Waals surface area contributed by atoms with Crippen molar-refractivity contribution in [3.05, 3.63) is 47.5 Å². The number of fused-ring (bicyclic) bond motifs is 1. The average molecular weight is 599 g/mol. The topological polar surface area (TPSA) is 110 Å². The van der Waals surface area contributed by atoms with Gasteiger partial charge in [0.05, 0.1) is 34.8 Å². The number of carbonyl (C=O) groups is 1. The van der Waals surface area contributed by atoms with Crippen LogP contribution in [0.5, 0.6) is 0 Å². The van der Waals surface area contributed by atoms with Crippen LogP contribution in [0.4, 0.5) is 10.1 Å². The molecule has 0 atom stereocenters. The summed E-state index contributed by atoms with van der Waals surface area (Å²) in [5.41, 5.74) is 2.88. The Morgan fingerprint density at radius 2 is 1.74 bits per heavy atom. The number of pyridine rings is 1. The lowest BCUT2D eigenvalue weighted by Gasteiger charge is -2.41. The normalized spacial score (nSPS) is 19.2. The van der Waals surface area contributed by atoms with Gasteiger partial charge in [-0.3, -0.25) is 4.79 Å². The third-order valence-electron chi connectivity index (χ3n) is 8.96. The first-order chi connectivity index (χ1) is 20.3. The monoisotopic (exact) mass is 598 g/mol. The number of halogens is 1. The van der Waals surface area contributed by atoms with Crippen molar-refractivity contribution in [3.63, 3.8) is 0 Å². The van der Waals surface area contributed by atoms with E-state index in [0.29, 0.717) is 17.4 Å². The van der Waals surface area contributed by atoms with Crippen molar-refractivity contribution in [2.75, 3.05) is 50.5 Å². The molecule has 42 heavy (non-hydrogen) atoms. The van der Waals surface area contributed by atoms with Gasteiger partial charge >= 0.3 is 0 Å². The maximum absolute atomic E-state index is 13.8. The molecule has 1 amide bonds. The molecule has 10 nitrogen and oxygen atoms in total. The van der Waals surface area contributed by atoms with Gasteiger partial charge in [0, 0.05) is 32.2 Å². The van der Waals surface area contributed by atoms with Crippen molar-refractivity contribution in [1.29, 1.82) is 0 Å². The van der Waals surface area contributed by atoms with E-state index in [1.54, 1.807) is 22.9 Å². The summed E-state index contributed by atoms with van der Waals surface area (Å²) in [6, 6.07) is 8.29. The molecule has 1 aromatic carbocycles. The molecule has 3 fully saturated rings. The van der Waals surface area contributed by atoms with E-state index in [1.807, 2.05) is 0 Å². The molecule has 3 aliphatic rings. The number of sulfonamides is 1. The summed E-state index contributed by atoms with van der Waals surface area (Å²) in [6.07, 6.45) is 9.01. The maximum Gasteiger partial charge on any atom is 0.283 e. The summed E-state index contributed by atoms with van der Waals surface area (Å²) in [4.78, 5) is 23.0. The average Bonchev–Trinajstić information content (AvgIpc) is 3.34. The highest BCUT2D eigenvalue weighted by Gasteiger charge is 2.33. The number of nitrogens with one attached hydrogen (secondary N) is 1. The maximum atomic E-state index is 13.8. The van der Waals surface area contributed by atoms with E-state index in [9.17, 15) is 17.6 Å². The first-order valence-corrected chi connectivity index (χ1v) is 16.7. The van der Waals surface area contributed by atoms with E-state index < -0.39 is 15.9 Å². The van der Waals surface area contributed by atoms with Crippen molar-refractivity contribution in [1.82, 2.24) is 24.4 Å². The van der Waals surface area contributed by atoms with Crippen molar-refractivity contribution >= 4 is 32.7 Å². The number of anilines is 1. The largest absolute Gasteiger partial charge is 0.384 e. The fraction of sp³-hybridized carbons (Fsp3) is 0.567. The molecule has 6 rings (SSSR count). The quantitative estimate of drug-likeness (QED) is 0.394. The number of nitrogens with zero attached hydrogens (tertiary/aromatic N) is 5. The van der Waals surface area contributed by atoms with Crippen LogP contribution in [0.25, 0.3) is 16.7 Å². The highest BCUT2D eigenvalue weighted by Crippen LogP contribution is 2.43. The van der Waals surface area contributed by atoms with Crippen LogP contribution in [-0.2, 0) is 14.8 Å². The molecule has 4 heterocycles. The molecular weight excluding hydrogens is 559 g/mol. The van der Waals surface area contributed by atoms with Crippen LogP contribution < -0.4 is 9.62 Å². The Hall–Kier alpha value is -3.09. The molecule has 0 radical (unpaired) electrons. The minimum Gasteiger partial charge on any atom is -0.384 e. The Morgan fingerprint density at radius 3 is 2.38 bits per heavy atom. The summed E-state index contributed by atoms with van der Waals surface area (Å²) in [5, 5.41) is 5.89. The van der Waals surface area contributed by atoms with Crippen LogP contribution in [0.15, 0.2) is 30.3 Å². The number of piperidine rings is 2. The summed E-state index contributed by atoms with van der Waals surface area (Å²) in [5.74, 6) is -1.22. The predicted molar refractivity (Wildman–Crippen MR) is 159 cm³/mol. The number of benzene rings is 1. The minimum atomic E-state index is -3.92. The third kappa shape index (κ3) is 6.02. The van der Waals surface area contributed by atoms with Gasteiger partial charge in [0.25, 0.3) is 5.91 Å². The van der Waals surface area contributed by atoms with E-state index in [0.717, 1.165) is 75.1 Å². The van der Waals surface area contributed by atoms with Gasteiger partial charge in [-0.25, -0.2) is 27.2 Å². The van der Waals surface area contributed by atoms with Gasteiger partial charge in [-0.15, -0.1) is 0 Å². The number of likely N-dealkylation sites (tertiary alicyclic amines) is 1. The predicted octanol–water partition coefficient (Wildman–Crippen LogP) is 3.99. The molecule has 12 heteroatoms. The number of ether oxygens (including phenoxy) is 1. The highest BCUT2D eigenvalue weighted by atomic mass is 32.2. The summed E-state index contributed by atoms with van der Waals surface area (Å²) in [6.45, 7) is 3.91. The second kappa shape index (κ2) is 12.3. The van der Waals surface area contributed by atoms with E-state index in [4.69, 9.17) is 14.8 Å². The molecule has 3 aromatic rings. The zero-order chi connectivity index (χ0) is 29.3. The molecular formula is C30H39FN6O4S. The molecule has 0 spiro atoms. The molecule has 2 saturated heterocycles. The Balaban J connectivity index is 1.42. The van der Waals surface area contributed by atoms with Crippen LogP contribution in [0.1, 0.15) is 73.5 Å². The van der Waals surface area contributed by atoms with Gasteiger partial charge in [0.2, 0.25) is 10.0 Å². The molecule has 0 bridgehead atoms. The summed E-state index contributed by atoms with van der Waals surface area (Å²) < 4.78 is 47.7. The fourth-order valence-electron chi connectivity index (χ4n) is 6.41. The molecule has 2 aromatic heterocycles. The summed E-state index contributed by atoms with van der Waals surface area (Å²) >= 11 is 0. The Bertz CT molecular complexity index is 1530. The highest BCUT2D eigenvalue weighted by molar-refractivity contribution is 7.90. The summed E-state index contributed by atoms with van der Waals surface area (Å²) in [7, 11) is -2.51. The lowest BCUT2D eigenvalue weighted by molar-refractivity contribution is 0.0976. The second-order valence-corrected chi connectivity index (χ2v) is 13.5. The first kappa shape index (κ1) is 29.0. The third-order valence-corrected chi connectivity index (χ3v) is 10.2. The molecule has 1 saturated carbocycles. The number of carbonyl (C=O) groups excluding carboxylic acids is 1. The van der Waals surface area contributed by atoms with E-state index >= 15 is 0 Å². The zero-order valence-corrected chi connectivity index (χ0v) is 24.9.